The van der Waals surface area contributed by atoms with Crippen LogP contribution in [0.15, 0.2) is 18.2 Å². The number of carbonyl (C=O) groups is 1. The van der Waals surface area contributed by atoms with Gasteiger partial charge in [0.1, 0.15) is 5.75 Å². The molecule has 0 N–H and O–H groups in total. The number of fused-ring (bicyclic) bond motifs is 1. The van der Waals surface area contributed by atoms with Crippen LogP contribution in [0.4, 0.5) is 0 Å². The highest BCUT2D eigenvalue weighted by Gasteiger charge is 2.35. The average molecular weight is 269 g/mol. The maximum atomic E-state index is 12.1. The van der Waals surface area contributed by atoms with Crippen molar-refractivity contribution in [1.29, 1.82) is 0 Å². The van der Waals surface area contributed by atoms with Gasteiger partial charge in [0.15, 0.2) is 5.78 Å². The maximum absolute atomic E-state index is 12.1. The summed E-state index contributed by atoms with van der Waals surface area (Å²) in [5.41, 5.74) is 1.91. The lowest BCUT2D eigenvalue weighted by Gasteiger charge is -2.27. The summed E-state index contributed by atoms with van der Waals surface area (Å²) in [6.45, 7) is 1.93. The number of benzene rings is 1. The van der Waals surface area contributed by atoms with Gasteiger partial charge in [-0.1, -0.05) is 15.9 Å². The van der Waals surface area contributed by atoms with Crippen LogP contribution in [0, 0.1) is 0 Å². The van der Waals surface area contributed by atoms with E-state index >= 15 is 0 Å². The van der Waals surface area contributed by atoms with Gasteiger partial charge in [0.2, 0.25) is 0 Å². The third kappa shape index (κ3) is 1.81. The van der Waals surface area contributed by atoms with Crippen LogP contribution in [0.25, 0.3) is 0 Å². The van der Waals surface area contributed by atoms with Crippen molar-refractivity contribution in [3.05, 3.63) is 29.3 Å². The van der Waals surface area contributed by atoms with Crippen LogP contribution in [0.3, 0.4) is 0 Å². The Bertz CT molecular complexity index is 410. The molecule has 0 amide bonds. The molecule has 1 atom stereocenters. The molecule has 0 spiro atoms. The minimum Gasteiger partial charge on any atom is -0.497 e. The van der Waals surface area contributed by atoms with Crippen LogP contribution in [0.2, 0.25) is 0 Å². The summed E-state index contributed by atoms with van der Waals surface area (Å²) in [4.78, 5) is 12.1. The van der Waals surface area contributed by atoms with E-state index in [4.69, 9.17) is 4.74 Å². The molecule has 80 valence electrons. The molecule has 1 aromatic rings. The lowest BCUT2D eigenvalue weighted by molar-refractivity contribution is 0.0940. The van der Waals surface area contributed by atoms with Crippen LogP contribution < -0.4 is 4.74 Å². The summed E-state index contributed by atoms with van der Waals surface area (Å²) in [5, 5.41) is 0. The second-order valence-electron chi connectivity index (χ2n) is 4.05. The van der Waals surface area contributed by atoms with Crippen molar-refractivity contribution in [2.75, 3.05) is 7.11 Å². The number of hydrogen-bond acceptors (Lipinski definition) is 2. The third-order valence-corrected chi connectivity index (χ3v) is 3.65. The molecule has 2 nitrogen and oxygen atoms in total. The summed E-state index contributed by atoms with van der Waals surface area (Å²) < 4.78 is 4.75. The van der Waals surface area contributed by atoms with E-state index < -0.39 is 4.32 Å². The van der Waals surface area contributed by atoms with Gasteiger partial charge in [-0.3, -0.25) is 4.79 Å². The molecule has 0 bridgehead atoms. The van der Waals surface area contributed by atoms with Crippen LogP contribution in [-0.2, 0) is 6.42 Å². The van der Waals surface area contributed by atoms with Crippen molar-refractivity contribution in [2.45, 2.75) is 24.1 Å². The van der Waals surface area contributed by atoms with Gasteiger partial charge in [-0.25, -0.2) is 0 Å². The Kier molecular flexibility index (Phi) is 2.59. The van der Waals surface area contributed by atoms with E-state index in [-0.39, 0.29) is 5.78 Å². The highest BCUT2D eigenvalue weighted by Crippen LogP contribution is 2.35. The van der Waals surface area contributed by atoms with Crippen LogP contribution in [-0.4, -0.2) is 17.2 Å². The van der Waals surface area contributed by atoms with Gasteiger partial charge < -0.3 is 4.74 Å². The second kappa shape index (κ2) is 3.63. The molecular weight excluding hydrogens is 256 g/mol. The SMILES string of the molecule is COc1ccc2c(c1)CCC(C)(Br)C2=O. The standard InChI is InChI=1S/C12H13BrO2/c1-12(13)6-5-8-7-9(15-2)3-4-10(8)11(12)14/h3-4,7H,5-6H2,1-2H3. The minimum atomic E-state index is -0.394. The molecule has 0 aliphatic heterocycles. The Morgan fingerprint density at radius 3 is 2.87 bits per heavy atom. The zero-order valence-electron chi connectivity index (χ0n) is 8.84. The van der Waals surface area contributed by atoms with Gasteiger partial charge in [0, 0.05) is 5.56 Å². The Labute approximate surface area is 97.8 Å². The highest BCUT2D eigenvalue weighted by atomic mass is 79.9. The van der Waals surface area contributed by atoms with E-state index in [1.165, 1.54) is 0 Å². The zero-order valence-corrected chi connectivity index (χ0v) is 10.4. The number of aryl methyl sites for hydroxylation is 1. The monoisotopic (exact) mass is 268 g/mol. The predicted octanol–water partition coefficient (Wildman–Crippen LogP) is 2.98. The lowest BCUT2D eigenvalue weighted by Crippen LogP contribution is -2.33. The zero-order chi connectivity index (χ0) is 11.1. The van der Waals surface area contributed by atoms with Crippen molar-refractivity contribution < 1.29 is 9.53 Å². The number of rotatable bonds is 1. The number of alkyl halides is 1. The molecule has 1 aliphatic rings. The van der Waals surface area contributed by atoms with E-state index in [9.17, 15) is 4.79 Å². The van der Waals surface area contributed by atoms with E-state index in [1.807, 2.05) is 25.1 Å². The van der Waals surface area contributed by atoms with E-state index in [0.29, 0.717) is 0 Å². The van der Waals surface area contributed by atoms with Crippen molar-refractivity contribution in [3.63, 3.8) is 0 Å². The van der Waals surface area contributed by atoms with Crippen LogP contribution in [0.1, 0.15) is 29.3 Å². The molecule has 15 heavy (non-hydrogen) atoms. The van der Waals surface area contributed by atoms with E-state index in [1.54, 1.807) is 7.11 Å². The lowest BCUT2D eigenvalue weighted by atomic mass is 9.83. The number of hydrogen-bond donors (Lipinski definition) is 0. The molecule has 0 fully saturated rings. The van der Waals surface area contributed by atoms with Crippen LogP contribution in [0.5, 0.6) is 5.75 Å². The van der Waals surface area contributed by atoms with Crippen molar-refractivity contribution in [1.82, 2.24) is 0 Å². The number of halogens is 1. The van der Waals surface area contributed by atoms with Crippen LogP contribution >= 0.6 is 15.9 Å². The van der Waals surface area contributed by atoms with Gasteiger partial charge in [-0.2, -0.15) is 0 Å². The first-order chi connectivity index (χ1) is 7.04. The fourth-order valence-electron chi connectivity index (χ4n) is 1.89. The van der Waals surface area contributed by atoms with Gasteiger partial charge in [-0.05, 0) is 43.5 Å². The molecule has 0 aromatic heterocycles. The summed E-state index contributed by atoms with van der Waals surface area (Å²) >= 11 is 3.48. The highest BCUT2D eigenvalue weighted by molar-refractivity contribution is 9.10. The molecule has 0 saturated carbocycles. The summed E-state index contributed by atoms with van der Waals surface area (Å²) in [6, 6.07) is 5.65. The molecular formula is C12H13BrO2. The fraction of sp³-hybridized carbons (Fsp3) is 0.417. The Morgan fingerprint density at radius 1 is 1.47 bits per heavy atom. The molecule has 0 saturated heterocycles. The molecule has 3 heteroatoms. The first-order valence-electron chi connectivity index (χ1n) is 4.95. The van der Waals surface area contributed by atoms with Gasteiger partial charge in [-0.15, -0.1) is 0 Å². The van der Waals surface area contributed by atoms with Gasteiger partial charge >= 0.3 is 0 Å². The summed E-state index contributed by atoms with van der Waals surface area (Å²) in [5.74, 6) is 0.992. The second-order valence-corrected chi connectivity index (χ2v) is 5.80. The summed E-state index contributed by atoms with van der Waals surface area (Å²) in [6.07, 6.45) is 1.76. The Morgan fingerprint density at radius 2 is 2.20 bits per heavy atom. The normalized spacial score (nSPS) is 24.9. The summed E-state index contributed by atoms with van der Waals surface area (Å²) in [7, 11) is 1.64. The third-order valence-electron chi connectivity index (χ3n) is 2.89. The van der Waals surface area contributed by atoms with Crippen molar-refractivity contribution in [2.24, 2.45) is 0 Å². The first-order valence-corrected chi connectivity index (χ1v) is 5.74. The molecule has 1 unspecified atom stereocenters. The molecule has 2 rings (SSSR count). The van der Waals surface area contributed by atoms with Gasteiger partial charge in [0.05, 0.1) is 11.4 Å². The molecule has 1 aromatic carbocycles. The number of carbonyl (C=O) groups excluding carboxylic acids is 1. The van der Waals surface area contributed by atoms with E-state index in [2.05, 4.69) is 15.9 Å². The average Bonchev–Trinajstić information content (AvgIpc) is 2.23. The minimum absolute atomic E-state index is 0.173. The fourth-order valence-corrected chi connectivity index (χ4v) is 2.30. The predicted molar refractivity (Wildman–Crippen MR) is 63.0 cm³/mol. The maximum Gasteiger partial charge on any atom is 0.179 e. The number of ether oxygens (including phenoxy) is 1. The quantitative estimate of drug-likeness (QED) is 0.732. The number of ketones is 1. The first kappa shape index (κ1) is 10.7. The van der Waals surface area contributed by atoms with Crippen molar-refractivity contribution in [3.8, 4) is 5.75 Å². The molecule has 0 heterocycles. The number of methoxy groups -OCH3 is 1. The van der Waals surface area contributed by atoms with Crippen molar-refractivity contribution >= 4 is 21.7 Å². The topological polar surface area (TPSA) is 26.3 Å². The smallest absolute Gasteiger partial charge is 0.179 e. The molecule has 1 aliphatic carbocycles. The Balaban J connectivity index is 2.46. The molecule has 0 radical (unpaired) electrons. The largest absolute Gasteiger partial charge is 0.497 e. The van der Waals surface area contributed by atoms with E-state index in [0.717, 1.165) is 29.7 Å². The Hall–Kier alpha value is -0.830. The van der Waals surface area contributed by atoms with Gasteiger partial charge in [0.25, 0.3) is 0 Å². The number of Topliss-reactive ketones (excluding diaryl/α,β-unsaturated/α-hetero) is 1.